The van der Waals surface area contributed by atoms with Crippen molar-refractivity contribution in [3.8, 4) is 0 Å². The van der Waals surface area contributed by atoms with Crippen molar-refractivity contribution in [3.63, 3.8) is 0 Å². The summed E-state index contributed by atoms with van der Waals surface area (Å²) in [5.41, 5.74) is -0.655. The van der Waals surface area contributed by atoms with Gasteiger partial charge < -0.3 is 14.5 Å². The monoisotopic (exact) mass is 269 g/mol. The van der Waals surface area contributed by atoms with Crippen molar-refractivity contribution in [3.05, 3.63) is 11.8 Å². The minimum absolute atomic E-state index is 0.163. The SMILES string of the molecule is CC(C)(C)OC(=O)NCCc1nnc(C(C)(C)C)o1. The van der Waals surface area contributed by atoms with E-state index in [9.17, 15) is 4.79 Å². The van der Waals surface area contributed by atoms with Crippen LogP contribution in [0.5, 0.6) is 0 Å². The van der Waals surface area contributed by atoms with E-state index in [0.29, 0.717) is 24.7 Å². The van der Waals surface area contributed by atoms with Crippen molar-refractivity contribution in [1.82, 2.24) is 15.5 Å². The molecular formula is C13H23N3O3. The minimum Gasteiger partial charge on any atom is -0.444 e. The van der Waals surface area contributed by atoms with Crippen LogP contribution < -0.4 is 5.32 Å². The molecular weight excluding hydrogens is 246 g/mol. The molecule has 1 heterocycles. The Kier molecular flexibility index (Phi) is 4.55. The van der Waals surface area contributed by atoms with Crippen molar-refractivity contribution >= 4 is 6.09 Å². The first-order valence-electron chi connectivity index (χ1n) is 6.37. The highest BCUT2D eigenvalue weighted by molar-refractivity contribution is 5.67. The van der Waals surface area contributed by atoms with E-state index in [1.165, 1.54) is 0 Å². The maximum atomic E-state index is 11.4. The van der Waals surface area contributed by atoms with E-state index < -0.39 is 11.7 Å². The number of carbonyl (C=O) groups excluding carboxylic acids is 1. The Morgan fingerprint density at radius 3 is 2.32 bits per heavy atom. The number of rotatable bonds is 3. The highest BCUT2D eigenvalue weighted by Crippen LogP contribution is 2.20. The quantitative estimate of drug-likeness (QED) is 0.911. The molecule has 0 bridgehead atoms. The molecule has 0 unspecified atom stereocenters. The number of alkyl carbamates (subject to hydrolysis) is 1. The lowest BCUT2D eigenvalue weighted by Crippen LogP contribution is -2.33. The third kappa shape index (κ3) is 5.72. The second-order valence-electron chi connectivity index (χ2n) is 6.43. The van der Waals surface area contributed by atoms with E-state index in [2.05, 4.69) is 15.5 Å². The average Bonchev–Trinajstić information content (AvgIpc) is 2.62. The number of carbonyl (C=O) groups is 1. The lowest BCUT2D eigenvalue weighted by molar-refractivity contribution is 0.0528. The van der Waals surface area contributed by atoms with Crippen molar-refractivity contribution in [2.75, 3.05) is 6.54 Å². The van der Waals surface area contributed by atoms with Crippen molar-refractivity contribution in [2.45, 2.75) is 59.0 Å². The summed E-state index contributed by atoms with van der Waals surface area (Å²) < 4.78 is 10.6. The molecule has 0 atom stereocenters. The number of amides is 1. The van der Waals surface area contributed by atoms with Crippen LogP contribution in [0.15, 0.2) is 4.42 Å². The first-order chi connectivity index (χ1) is 8.58. The fourth-order valence-corrected chi connectivity index (χ4v) is 1.24. The molecule has 0 saturated carbocycles. The summed E-state index contributed by atoms with van der Waals surface area (Å²) in [6.45, 7) is 11.9. The molecule has 108 valence electrons. The summed E-state index contributed by atoms with van der Waals surface area (Å²) in [4.78, 5) is 11.4. The van der Waals surface area contributed by atoms with Crippen LogP contribution in [0.2, 0.25) is 0 Å². The molecule has 1 aromatic heterocycles. The molecule has 0 aliphatic carbocycles. The topological polar surface area (TPSA) is 77.2 Å². The zero-order valence-electron chi connectivity index (χ0n) is 12.5. The van der Waals surface area contributed by atoms with Gasteiger partial charge in [-0.25, -0.2) is 4.79 Å². The third-order valence-corrected chi connectivity index (χ3v) is 2.12. The molecule has 1 rings (SSSR count). The Balaban J connectivity index is 2.38. The number of aromatic nitrogens is 2. The van der Waals surface area contributed by atoms with Gasteiger partial charge in [0.1, 0.15) is 5.60 Å². The zero-order chi connectivity index (χ0) is 14.7. The molecule has 1 amide bonds. The Morgan fingerprint density at radius 2 is 1.84 bits per heavy atom. The molecule has 0 aliphatic rings. The Labute approximate surface area is 113 Å². The summed E-state index contributed by atoms with van der Waals surface area (Å²) in [7, 11) is 0. The van der Waals surface area contributed by atoms with Gasteiger partial charge in [0.25, 0.3) is 0 Å². The standard InChI is InChI=1S/C13H23N3O3/c1-12(2,3)10-16-15-9(18-10)7-8-14-11(17)19-13(4,5)6/h7-8H2,1-6H3,(H,14,17). The molecule has 6 nitrogen and oxygen atoms in total. The van der Waals surface area contributed by atoms with Gasteiger partial charge in [0, 0.05) is 18.4 Å². The van der Waals surface area contributed by atoms with Crippen molar-refractivity contribution in [2.24, 2.45) is 0 Å². The molecule has 0 aliphatic heterocycles. The van der Waals surface area contributed by atoms with Gasteiger partial charge in [-0.05, 0) is 20.8 Å². The normalized spacial score (nSPS) is 12.3. The van der Waals surface area contributed by atoms with Gasteiger partial charge in [0.05, 0.1) is 0 Å². The molecule has 19 heavy (non-hydrogen) atoms. The first-order valence-corrected chi connectivity index (χ1v) is 6.37. The molecule has 0 saturated heterocycles. The molecule has 0 aromatic carbocycles. The van der Waals surface area contributed by atoms with Gasteiger partial charge in [-0.15, -0.1) is 10.2 Å². The van der Waals surface area contributed by atoms with E-state index >= 15 is 0 Å². The average molecular weight is 269 g/mol. The summed E-state index contributed by atoms with van der Waals surface area (Å²) >= 11 is 0. The maximum Gasteiger partial charge on any atom is 0.407 e. The fourth-order valence-electron chi connectivity index (χ4n) is 1.24. The van der Waals surface area contributed by atoms with Gasteiger partial charge in [-0.1, -0.05) is 20.8 Å². The number of nitrogens with one attached hydrogen (secondary N) is 1. The van der Waals surface area contributed by atoms with Gasteiger partial charge in [0.15, 0.2) is 0 Å². The van der Waals surface area contributed by atoms with Crippen LogP contribution in [0.4, 0.5) is 4.79 Å². The Bertz CT molecular complexity index is 427. The van der Waals surface area contributed by atoms with E-state index in [4.69, 9.17) is 9.15 Å². The fraction of sp³-hybridized carbons (Fsp3) is 0.769. The number of hydrogen-bond donors (Lipinski definition) is 1. The van der Waals surface area contributed by atoms with E-state index in [-0.39, 0.29) is 5.41 Å². The lowest BCUT2D eigenvalue weighted by atomic mass is 9.97. The summed E-state index contributed by atoms with van der Waals surface area (Å²) in [6, 6.07) is 0. The van der Waals surface area contributed by atoms with Crippen LogP contribution in [0.1, 0.15) is 53.3 Å². The summed E-state index contributed by atoms with van der Waals surface area (Å²) in [5.74, 6) is 1.11. The van der Waals surface area contributed by atoms with Crippen molar-refractivity contribution < 1.29 is 13.9 Å². The highest BCUT2D eigenvalue weighted by Gasteiger charge is 2.21. The van der Waals surface area contributed by atoms with Gasteiger partial charge in [-0.2, -0.15) is 0 Å². The summed E-state index contributed by atoms with van der Waals surface area (Å²) in [6.07, 6.45) is 0.0468. The van der Waals surface area contributed by atoms with Crippen LogP contribution in [0, 0.1) is 0 Å². The molecule has 0 radical (unpaired) electrons. The lowest BCUT2D eigenvalue weighted by Gasteiger charge is -2.19. The van der Waals surface area contributed by atoms with E-state index in [0.717, 1.165) is 0 Å². The molecule has 0 fully saturated rings. The minimum atomic E-state index is -0.492. The predicted octanol–water partition coefficient (Wildman–Crippen LogP) is 2.43. The van der Waals surface area contributed by atoms with Crippen molar-refractivity contribution in [1.29, 1.82) is 0 Å². The first kappa shape index (κ1) is 15.5. The van der Waals surface area contributed by atoms with E-state index in [1.54, 1.807) is 0 Å². The predicted molar refractivity (Wildman–Crippen MR) is 70.9 cm³/mol. The van der Waals surface area contributed by atoms with Gasteiger partial charge >= 0.3 is 6.09 Å². The van der Waals surface area contributed by atoms with Crippen LogP contribution >= 0.6 is 0 Å². The van der Waals surface area contributed by atoms with Crippen LogP contribution in [-0.4, -0.2) is 28.4 Å². The van der Waals surface area contributed by atoms with Crippen LogP contribution in [0.25, 0.3) is 0 Å². The number of hydrogen-bond acceptors (Lipinski definition) is 5. The largest absolute Gasteiger partial charge is 0.444 e. The van der Waals surface area contributed by atoms with Gasteiger partial charge in [0.2, 0.25) is 11.8 Å². The number of nitrogens with zero attached hydrogens (tertiary/aromatic N) is 2. The Morgan fingerprint density at radius 1 is 1.21 bits per heavy atom. The third-order valence-electron chi connectivity index (χ3n) is 2.12. The zero-order valence-corrected chi connectivity index (χ0v) is 12.5. The molecule has 1 N–H and O–H groups in total. The van der Waals surface area contributed by atoms with Crippen LogP contribution in [0.3, 0.4) is 0 Å². The molecule has 1 aromatic rings. The second kappa shape index (κ2) is 5.59. The van der Waals surface area contributed by atoms with Crippen LogP contribution in [-0.2, 0) is 16.6 Å². The van der Waals surface area contributed by atoms with Gasteiger partial charge in [-0.3, -0.25) is 0 Å². The number of ether oxygens (including phenoxy) is 1. The Hall–Kier alpha value is -1.59. The highest BCUT2D eigenvalue weighted by atomic mass is 16.6. The van der Waals surface area contributed by atoms with E-state index in [1.807, 2.05) is 41.5 Å². The smallest absolute Gasteiger partial charge is 0.407 e. The molecule has 0 spiro atoms. The maximum absolute atomic E-state index is 11.4. The molecule has 6 heteroatoms. The summed E-state index contributed by atoms with van der Waals surface area (Å²) in [5, 5.41) is 10.6. The second-order valence-corrected chi connectivity index (χ2v) is 6.43.